The van der Waals surface area contributed by atoms with Crippen LogP contribution in [0.5, 0.6) is 0 Å². The molecule has 0 saturated heterocycles. The first kappa shape index (κ1) is 11.2. The number of allylic oxidation sites excluding steroid dienone is 4. The first-order chi connectivity index (χ1) is 8.69. The topological polar surface area (TPSA) is 57.5 Å². The molecule has 92 valence electrons. The van der Waals surface area contributed by atoms with Crippen molar-refractivity contribution in [3.05, 3.63) is 60.2 Å². The monoisotopic (exact) mass is 242 g/mol. The SMILES string of the molecule is O=C(O)C(O)C1(c2ccccc2)C2C=CC=CC21. The maximum absolute atomic E-state index is 11.2. The summed E-state index contributed by atoms with van der Waals surface area (Å²) in [6.07, 6.45) is 6.44. The van der Waals surface area contributed by atoms with Crippen molar-refractivity contribution in [1.29, 1.82) is 0 Å². The summed E-state index contributed by atoms with van der Waals surface area (Å²) in [5.41, 5.74) is 0.197. The number of hydrogen-bond acceptors (Lipinski definition) is 2. The number of carbonyl (C=O) groups is 1. The van der Waals surface area contributed by atoms with Gasteiger partial charge in [0.1, 0.15) is 0 Å². The summed E-state index contributed by atoms with van der Waals surface area (Å²) in [5.74, 6) is -0.998. The van der Waals surface area contributed by atoms with Crippen molar-refractivity contribution < 1.29 is 15.0 Å². The van der Waals surface area contributed by atoms with Crippen LogP contribution < -0.4 is 0 Å². The number of rotatable bonds is 3. The van der Waals surface area contributed by atoms with Crippen LogP contribution in [0.1, 0.15) is 5.56 Å². The molecule has 1 saturated carbocycles. The molecule has 1 fully saturated rings. The largest absolute Gasteiger partial charge is 0.479 e. The third-order valence-electron chi connectivity index (χ3n) is 4.09. The van der Waals surface area contributed by atoms with Crippen molar-refractivity contribution in [2.75, 3.05) is 0 Å². The van der Waals surface area contributed by atoms with Gasteiger partial charge >= 0.3 is 5.97 Å². The van der Waals surface area contributed by atoms with Crippen LogP contribution in [0.15, 0.2) is 54.6 Å². The van der Waals surface area contributed by atoms with Crippen molar-refractivity contribution in [2.45, 2.75) is 11.5 Å². The molecule has 18 heavy (non-hydrogen) atoms. The molecule has 0 aromatic heterocycles. The van der Waals surface area contributed by atoms with E-state index in [9.17, 15) is 9.90 Å². The molecule has 0 spiro atoms. The van der Waals surface area contributed by atoms with Gasteiger partial charge in [-0.3, -0.25) is 0 Å². The van der Waals surface area contributed by atoms with E-state index >= 15 is 0 Å². The maximum atomic E-state index is 11.2. The van der Waals surface area contributed by atoms with Crippen molar-refractivity contribution in [2.24, 2.45) is 11.8 Å². The zero-order valence-electron chi connectivity index (χ0n) is 9.73. The number of carboxylic acids is 1. The van der Waals surface area contributed by atoms with Crippen LogP contribution in [-0.4, -0.2) is 22.3 Å². The van der Waals surface area contributed by atoms with Gasteiger partial charge in [-0.05, 0) is 17.4 Å². The molecule has 0 aliphatic heterocycles. The van der Waals surface area contributed by atoms with Gasteiger partial charge in [0.05, 0.1) is 0 Å². The van der Waals surface area contributed by atoms with Crippen LogP contribution in [0.4, 0.5) is 0 Å². The number of aliphatic carboxylic acids is 1. The molecule has 3 unspecified atom stereocenters. The van der Waals surface area contributed by atoms with Crippen LogP contribution in [0.3, 0.4) is 0 Å². The highest BCUT2D eigenvalue weighted by Gasteiger charge is 2.69. The molecular weight excluding hydrogens is 228 g/mol. The molecule has 3 atom stereocenters. The van der Waals surface area contributed by atoms with Gasteiger partial charge in [0, 0.05) is 5.41 Å². The van der Waals surface area contributed by atoms with Crippen LogP contribution in [0.25, 0.3) is 0 Å². The van der Waals surface area contributed by atoms with Gasteiger partial charge in [-0.1, -0.05) is 54.6 Å². The molecule has 0 bridgehead atoms. The van der Waals surface area contributed by atoms with E-state index in [1.165, 1.54) is 0 Å². The van der Waals surface area contributed by atoms with E-state index in [4.69, 9.17) is 5.11 Å². The number of aliphatic hydroxyl groups excluding tert-OH is 1. The summed E-state index contributed by atoms with van der Waals surface area (Å²) < 4.78 is 0. The van der Waals surface area contributed by atoms with Crippen molar-refractivity contribution >= 4 is 5.97 Å². The minimum atomic E-state index is -1.37. The standard InChI is InChI=1S/C15H14O3/c16-13(14(17)18)15(10-6-2-1-3-7-10)11-8-4-5-9-12(11)15/h1-9,11-13,16H,(H,17,18). The normalized spacial score (nSPS) is 33.8. The number of fused-ring (bicyclic) bond motifs is 1. The summed E-state index contributed by atoms with van der Waals surface area (Å²) in [6, 6.07) is 9.44. The molecule has 1 aromatic rings. The van der Waals surface area contributed by atoms with Crippen LogP contribution in [0.2, 0.25) is 0 Å². The van der Waals surface area contributed by atoms with Gasteiger partial charge in [-0.15, -0.1) is 0 Å². The lowest BCUT2D eigenvalue weighted by Gasteiger charge is -2.21. The quantitative estimate of drug-likeness (QED) is 0.848. The van der Waals surface area contributed by atoms with E-state index in [0.29, 0.717) is 0 Å². The van der Waals surface area contributed by atoms with E-state index in [2.05, 4.69) is 0 Å². The Morgan fingerprint density at radius 1 is 1.11 bits per heavy atom. The molecule has 3 heteroatoms. The van der Waals surface area contributed by atoms with E-state index in [-0.39, 0.29) is 11.8 Å². The molecule has 0 amide bonds. The van der Waals surface area contributed by atoms with Crippen molar-refractivity contribution in [3.63, 3.8) is 0 Å². The zero-order valence-corrected chi connectivity index (χ0v) is 9.73. The average molecular weight is 242 g/mol. The van der Waals surface area contributed by atoms with Gasteiger partial charge in [0.25, 0.3) is 0 Å². The lowest BCUT2D eigenvalue weighted by Crippen LogP contribution is -2.36. The molecule has 3 nitrogen and oxygen atoms in total. The second kappa shape index (κ2) is 3.82. The van der Waals surface area contributed by atoms with Gasteiger partial charge in [0.15, 0.2) is 6.10 Å². The van der Waals surface area contributed by atoms with Crippen LogP contribution in [0, 0.1) is 11.8 Å². The number of hydrogen-bond donors (Lipinski definition) is 2. The average Bonchev–Trinajstić information content (AvgIpc) is 3.09. The molecule has 0 radical (unpaired) electrons. The van der Waals surface area contributed by atoms with Crippen LogP contribution >= 0.6 is 0 Å². The Hall–Kier alpha value is -1.87. The second-order valence-electron chi connectivity index (χ2n) is 4.86. The van der Waals surface area contributed by atoms with Gasteiger partial charge < -0.3 is 10.2 Å². The summed E-state index contributed by atoms with van der Waals surface area (Å²) >= 11 is 0. The third kappa shape index (κ3) is 1.31. The maximum Gasteiger partial charge on any atom is 0.333 e. The fourth-order valence-electron chi connectivity index (χ4n) is 3.23. The second-order valence-corrected chi connectivity index (χ2v) is 4.86. The highest BCUT2D eigenvalue weighted by molar-refractivity contribution is 5.77. The summed E-state index contributed by atoms with van der Waals surface area (Å²) in [5, 5.41) is 19.3. The first-order valence-corrected chi connectivity index (χ1v) is 6.00. The van der Waals surface area contributed by atoms with Gasteiger partial charge in [-0.2, -0.15) is 0 Å². The summed E-state index contributed by atoms with van der Waals surface area (Å²) in [4.78, 5) is 11.2. The number of carboxylic acid groups (broad SMARTS) is 1. The highest BCUT2D eigenvalue weighted by atomic mass is 16.4. The van der Waals surface area contributed by atoms with Crippen molar-refractivity contribution in [1.82, 2.24) is 0 Å². The Morgan fingerprint density at radius 2 is 1.67 bits per heavy atom. The highest BCUT2D eigenvalue weighted by Crippen LogP contribution is 2.64. The lowest BCUT2D eigenvalue weighted by atomic mass is 9.86. The molecule has 2 aliphatic rings. The lowest BCUT2D eigenvalue weighted by molar-refractivity contribution is -0.148. The molecule has 2 aliphatic carbocycles. The van der Waals surface area contributed by atoms with E-state index < -0.39 is 17.5 Å². The summed E-state index contributed by atoms with van der Waals surface area (Å²) in [7, 11) is 0. The fraction of sp³-hybridized carbons (Fsp3) is 0.267. The van der Waals surface area contributed by atoms with Gasteiger partial charge in [-0.25, -0.2) is 4.79 Å². The Labute approximate surface area is 105 Å². The third-order valence-corrected chi connectivity index (χ3v) is 4.09. The van der Waals surface area contributed by atoms with Crippen LogP contribution in [-0.2, 0) is 10.2 Å². The van der Waals surface area contributed by atoms with E-state index in [1.807, 2.05) is 54.6 Å². The van der Waals surface area contributed by atoms with E-state index in [0.717, 1.165) is 5.56 Å². The Kier molecular flexibility index (Phi) is 2.38. The number of benzene rings is 1. The molecule has 0 heterocycles. The zero-order chi connectivity index (χ0) is 12.8. The molecular formula is C15H14O3. The van der Waals surface area contributed by atoms with Crippen molar-refractivity contribution in [3.8, 4) is 0 Å². The fourth-order valence-corrected chi connectivity index (χ4v) is 3.23. The predicted octanol–water partition coefficient (Wildman–Crippen LogP) is 1.74. The Bertz CT molecular complexity index is 512. The molecule has 1 aromatic carbocycles. The smallest absolute Gasteiger partial charge is 0.333 e. The Balaban J connectivity index is 2.10. The van der Waals surface area contributed by atoms with E-state index in [1.54, 1.807) is 0 Å². The predicted molar refractivity (Wildman–Crippen MR) is 67.0 cm³/mol. The summed E-state index contributed by atoms with van der Waals surface area (Å²) in [6.45, 7) is 0. The molecule has 2 N–H and O–H groups in total. The Morgan fingerprint density at radius 3 is 2.17 bits per heavy atom. The first-order valence-electron chi connectivity index (χ1n) is 6.00. The number of aliphatic hydroxyl groups is 1. The molecule has 3 rings (SSSR count). The van der Waals surface area contributed by atoms with Gasteiger partial charge in [0.2, 0.25) is 0 Å². The minimum Gasteiger partial charge on any atom is -0.479 e. The minimum absolute atomic E-state index is 0.0796.